The highest BCUT2D eigenvalue weighted by atomic mass is 35.5. The smallest absolute Gasteiger partial charge is 0.259 e. The summed E-state index contributed by atoms with van der Waals surface area (Å²) in [5.41, 5.74) is 4.72. The first kappa shape index (κ1) is 22.7. The zero-order valence-electron chi connectivity index (χ0n) is 19.4. The fourth-order valence-corrected chi connectivity index (χ4v) is 4.62. The van der Waals surface area contributed by atoms with E-state index < -0.39 is 0 Å². The summed E-state index contributed by atoms with van der Waals surface area (Å²) in [7, 11) is 0. The van der Waals surface area contributed by atoms with Gasteiger partial charge in [-0.05, 0) is 36.2 Å². The summed E-state index contributed by atoms with van der Waals surface area (Å²) in [4.78, 5) is 20.3. The Kier molecular flexibility index (Phi) is 6.70. The molecular weight excluding hydrogens is 448 g/mol. The summed E-state index contributed by atoms with van der Waals surface area (Å²) in [6, 6.07) is 17.6. The van der Waals surface area contributed by atoms with E-state index in [1.165, 1.54) is 5.69 Å². The third-order valence-electron chi connectivity index (χ3n) is 6.38. The highest BCUT2D eigenvalue weighted by Crippen LogP contribution is 2.27. The lowest BCUT2D eigenvalue weighted by Crippen LogP contribution is -2.36. The van der Waals surface area contributed by atoms with E-state index in [0.29, 0.717) is 16.5 Å². The van der Waals surface area contributed by atoms with Gasteiger partial charge in [0.05, 0.1) is 24.6 Å². The van der Waals surface area contributed by atoms with E-state index in [1.807, 2.05) is 30.5 Å². The second-order valence-electron chi connectivity index (χ2n) is 8.68. The van der Waals surface area contributed by atoms with Gasteiger partial charge in [0, 0.05) is 48.2 Å². The van der Waals surface area contributed by atoms with Crippen LogP contribution in [0.2, 0.25) is 5.02 Å². The molecule has 7 heteroatoms. The lowest BCUT2D eigenvalue weighted by Gasteiger charge is -2.28. The fourth-order valence-electron chi connectivity index (χ4n) is 4.49. The molecule has 4 aromatic rings. The van der Waals surface area contributed by atoms with Crippen molar-refractivity contribution in [3.63, 3.8) is 0 Å². The molecule has 6 nitrogen and oxygen atoms in total. The number of rotatable bonds is 7. The maximum atomic E-state index is 13.1. The van der Waals surface area contributed by atoms with E-state index in [4.69, 9.17) is 21.3 Å². The van der Waals surface area contributed by atoms with E-state index >= 15 is 0 Å². The van der Waals surface area contributed by atoms with Crippen LogP contribution < -0.4 is 10.5 Å². The third-order valence-corrected chi connectivity index (χ3v) is 6.63. The van der Waals surface area contributed by atoms with Gasteiger partial charge in [-0.2, -0.15) is 0 Å². The number of hydrogen-bond donors (Lipinski definition) is 0. The summed E-state index contributed by atoms with van der Waals surface area (Å²) in [5, 5.41) is 0.660. The highest BCUT2D eigenvalue weighted by molar-refractivity contribution is 6.30. The Hall–Kier alpha value is -3.09. The van der Waals surface area contributed by atoms with Crippen LogP contribution in [-0.4, -0.2) is 40.3 Å². The number of imidazole rings is 1. The van der Waals surface area contributed by atoms with Crippen molar-refractivity contribution in [3.8, 4) is 22.5 Å². The van der Waals surface area contributed by atoms with E-state index in [2.05, 4.69) is 40.7 Å². The Labute approximate surface area is 204 Å². The zero-order valence-corrected chi connectivity index (χ0v) is 20.2. The number of benzene rings is 2. The molecule has 0 unspecified atom stereocenters. The van der Waals surface area contributed by atoms with Crippen LogP contribution in [0.5, 0.6) is 0 Å². The molecule has 0 bridgehead atoms. The zero-order chi connectivity index (χ0) is 23.5. The number of fused-ring (bicyclic) bond motifs is 1. The van der Waals surface area contributed by atoms with Gasteiger partial charge in [0.1, 0.15) is 0 Å². The molecule has 1 aliphatic heterocycles. The van der Waals surface area contributed by atoms with Crippen LogP contribution in [0, 0.1) is 0 Å². The lowest BCUT2D eigenvalue weighted by molar-refractivity contribution is 0.122. The van der Waals surface area contributed by atoms with Gasteiger partial charge in [0.15, 0.2) is 0 Å². The number of anilines is 1. The molecule has 0 radical (unpaired) electrons. The molecule has 5 rings (SSSR count). The molecule has 2 aromatic heterocycles. The summed E-state index contributed by atoms with van der Waals surface area (Å²) in [5.74, 6) is 0.667. The predicted molar refractivity (Wildman–Crippen MR) is 138 cm³/mol. The van der Waals surface area contributed by atoms with Crippen LogP contribution >= 0.6 is 11.6 Å². The Bertz CT molecular complexity index is 1320. The van der Waals surface area contributed by atoms with E-state index in [9.17, 15) is 4.79 Å². The van der Waals surface area contributed by atoms with Crippen LogP contribution in [0.3, 0.4) is 0 Å². The first-order chi connectivity index (χ1) is 16.6. The Balaban J connectivity index is 1.57. The molecule has 0 aliphatic carbocycles. The number of aryl methyl sites for hydroxylation is 1. The second-order valence-corrected chi connectivity index (χ2v) is 9.11. The minimum absolute atomic E-state index is 0.0876. The topological polar surface area (TPSA) is 51.8 Å². The van der Waals surface area contributed by atoms with Crippen molar-refractivity contribution in [2.45, 2.75) is 32.7 Å². The second kappa shape index (κ2) is 10.0. The fraction of sp³-hybridized carbons (Fsp3) is 0.333. The van der Waals surface area contributed by atoms with Crippen molar-refractivity contribution in [1.29, 1.82) is 0 Å². The molecule has 2 aromatic carbocycles. The molecule has 1 saturated heterocycles. The molecule has 0 amide bonds. The van der Waals surface area contributed by atoms with E-state index in [0.717, 1.165) is 68.9 Å². The number of aromatic nitrogens is 3. The van der Waals surface area contributed by atoms with Gasteiger partial charge in [0.2, 0.25) is 5.78 Å². The van der Waals surface area contributed by atoms with Gasteiger partial charge in [-0.3, -0.25) is 9.20 Å². The van der Waals surface area contributed by atoms with E-state index in [-0.39, 0.29) is 5.56 Å². The van der Waals surface area contributed by atoms with Crippen molar-refractivity contribution in [1.82, 2.24) is 14.0 Å². The molecule has 34 heavy (non-hydrogen) atoms. The third kappa shape index (κ3) is 4.61. The average Bonchev–Trinajstić information content (AvgIpc) is 3.24. The Morgan fingerprint density at radius 2 is 1.68 bits per heavy atom. The Morgan fingerprint density at radius 3 is 2.38 bits per heavy atom. The molecule has 0 saturated carbocycles. The lowest BCUT2D eigenvalue weighted by atomic mass is 10.1. The maximum absolute atomic E-state index is 13.1. The molecule has 1 fully saturated rings. The molecule has 0 N–H and O–H groups in total. The Morgan fingerprint density at radius 1 is 0.971 bits per heavy atom. The van der Waals surface area contributed by atoms with Gasteiger partial charge in [-0.1, -0.05) is 55.6 Å². The summed E-state index contributed by atoms with van der Waals surface area (Å²) >= 11 is 6.05. The van der Waals surface area contributed by atoms with Crippen LogP contribution in [0.15, 0.2) is 65.6 Å². The monoisotopic (exact) mass is 476 g/mol. The van der Waals surface area contributed by atoms with Crippen molar-refractivity contribution in [2.24, 2.45) is 0 Å². The number of halogens is 1. The van der Waals surface area contributed by atoms with Crippen molar-refractivity contribution in [2.75, 3.05) is 31.2 Å². The highest BCUT2D eigenvalue weighted by Gasteiger charge is 2.16. The van der Waals surface area contributed by atoms with Gasteiger partial charge in [-0.15, -0.1) is 0 Å². The first-order valence-electron chi connectivity index (χ1n) is 12.0. The van der Waals surface area contributed by atoms with Gasteiger partial charge >= 0.3 is 0 Å². The van der Waals surface area contributed by atoms with E-state index in [1.54, 1.807) is 10.5 Å². The molecule has 3 heterocycles. The predicted octanol–water partition coefficient (Wildman–Crippen LogP) is 5.51. The number of ether oxygens (including phenoxy) is 1. The van der Waals surface area contributed by atoms with Crippen LogP contribution in [-0.2, 0) is 11.3 Å². The molecule has 176 valence electrons. The van der Waals surface area contributed by atoms with Crippen molar-refractivity contribution < 1.29 is 4.74 Å². The van der Waals surface area contributed by atoms with Crippen LogP contribution in [0.1, 0.15) is 26.2 Å². The number of morpholine rings is 1. The normalized spacial score (nSPS) is 14.1. The minimum Gasteiger partial charge on any atom is -0.378 e. The standard InChI is InChI=1S/C27H29ClN4O2/c1-2-3-4-13-31-25(21-7-11-23(12-8-21)30-14-16-34-17-15-30)19-32-26(33)18-24(29-27(31)32)20-5-9-22(28)10-6-20/h5-12,18-19H,2-4,13-17H2,1H3. The number of unbranched alkanes of at least 4 members (excludes halogenated alkanes) is 2. The molecular formula is C27H29ClN4O2. The molecule has 0 spiro atoms. The quantitative estimate of drug-likeness (QED) is 0.330. The first-order valence-corrected chi connectivity index (χ1v) is 12.3. The summed E-state index contributed by atoms with van der Waals surface area (Å²) in [6.45, 7) is 6.34. The number of nitrogens with zero attached hydrogens (tertiary/aromatic N) is 4. The van der Waals surface area contributed by atoms with Crippen LogP contribution in [0.4, 0.5) is 5.69 Å². The van der Waals surface area contributed by atoms with Crippen molar-refractivity contribution in [3.05, 3.63) is 76.2 Å². The SMILES string of the molecule is CCCCCn1c(-c2ccc(N3CCOCC3)cc2)cn2c(=O)cc(-c3ccc(Cl)cc3)nc12. The maximum Gasteiger partial charge on any atom is 0.259 e. The molecule has 0 atom stereocenters. The van der Waals surface area contributed by atoms with Crippen LogP contribution in [0.25, 0.3) is 28.3 Å². The summed E-state index contributed by atoms with van der Waals surface area (Å²) < 4.78 is 9.32. The largest absolute Gasteiger partial charge is 0.378 e. The molecule has 1 aliphatic rings. The minimum atomic E-state index is -0.0876. The van der Waals surface area contributed by atoms with Gasteiger partial charge in [0.25, 0.3) is 5.56 Å². The van der Waals surface area contributed by atoms with Gasteiger partial charge in [-0.25, -0.2) is 4.98 Å². The average molecular weight is 477 g/mol. The van der Waals surface area contributed by atoms with Crippen molar-refractivity contribution >= 4 is 23.1 Å². The summed E-state index contributed by atoms with van der Waals surface area (Å²) in [6.07, 6.45) is 5.21. The number of hydrogen-bond acceptors (Lipinski definition) is 4. The van der Waals surface area contributed by atoms with Gasteiger partial charge < -0.3 is 14.2 Å².